The summed E-state index contributed by atoms with van der Waals surface area (Å²) < 4.78 is 0. The predicted molar refractivity (Wildman–Crippen MR) is 134 cm³/mol. The Labute approximate surface area is 196 Å². The van der Waals surface area contributed by atoms with Crippen LogP contribution in [-0.2, 0) is 6.54 Å². The first-order valence-electron chi connectivity index (χ1n) is 11.6. The van der Waals surface area contributed by atoms with Gasteiger partial charge in [0.05, 0.1) is 10.6 Å². The number of aromatic amines is 1. The minimum absolute atomic E-state index is 0.121. The highest BCUT2D eigenvalue weighted by molar-refractivity contribution is 7.14. The number of aryl methyl sites for hydroxylation is 2. The van der Waals surface area contributed by atoms with Gasteiger partial charge >= 0.3 is 0 Å². The molecular weight excluding hydrogens is 420 g/mol. The smallest absolute Gasteiger partial charge is 0.253 e. The van der Waals surface area contributed by atoms with Crippen molar-refractivity contribution in [2.24, 2.45) is 0 Å². The van der Waals surface area contributed by atoms with Gasteiger partial charge in [-0.05, 0) is 91.6 Å². The van der Waals surface area contributed by atoms with Gasteiger partial charge in [-0.3, -0.25) is 9.59 Å². The van der Waals surface area contributed by atoms with Crippen LogP contribution in [0.5, 0.6) is 0 Å². The van der Waals surface area contributed by atoms with Crippen molar-refractivity contribution < 1.29 is 4.79 Å². The van der Waals surface area contributed by atoms with E-state index in [0.717, 1.165) is 16.8 Å². The summed E-state index contributed by atoms with van der Waals surface area (Å²) in [4.78, 5) is 32.9. The van der Waals surface area contributed by atoms with Crippen molar-refractivity contribution in [3.8, 4) is 0 Å². The standard InChI is InChI=1S/C25H38N4O2S/c1-15(2)29(20-10-8-19(9-11-20)28(6)7)25-18(5)22(14-32-25)23(30)26-13-21-16(3)12-17(4)27-24(21)31/h12,14-15,19-20H,8-11,13H2,1-7H3,(H,26,30)(H,27,31)/t19-,20-. The number of H-pyrrole nitrogens is 1. The molecule has 1 aliphatic carbocycles. The lowest BCUT2D eigenvalue weighted by atomic mass is 9.89. The number of rotatable bonds is 7. The van der Waals surface area contributed by atoms with E-state index in [-0.39, 0.29) is 18.0 Å². The molecule has 0 bridgehead atoms. The molecule has 2 N–H and O–H groups in total. The number of carbonyl (C=O) groups is 1. The normalized spacial score (nSPS) is 18.9. The number of hydrogen-bond donors (Lipinski definition) is 2. The zero-order chi connectivity index (χ0) is 23.6. The summed E-state index contributed by atoms with van der Waals surface area (Å²) in [7, 11) is 4.34. The predicted octanol–water partition coefficient (Wildman–Crippen LogP) is 4.38. The lowest BCUT2D eigenvalue weighted by molar-refractivity contribution is 0.0950. The maximum Gasteiger partial charge on any atom is 0.253 e. The third kappa shape index (κ3) is 5.26. The lowest BCUT2D eigenvalue weighted by Gasteiger charge is -2.42. The second kappa shape index (κ2) is 10.2. The molecule has 2 aromatic rings. The molecule has 7 heteroatoms. The average molecular weight is 459 g/mol. The molecule has 1 aliphatic rings. The van der Waals surface area contributed by atoms with Gasteiger partial charge in [-0.2, -0.15) is 0 Å². The van der Waals surface area contributed by atoms with Crippen LogP contribution in [0.15, 0.2) is 16.2 Å². The van der Waals surface area contributed by atoms with Crippen molar-refractivity contribution in [3.05, 3.63) is 49.7 Å². The molecule has 2 aromatic heterocycles. The molecule has 1 fully saturated rings. The van der Waals surface area contributed by atoms with Gasteiger partial charge in [-0.15, -0.1) is 11.3 Å². The Kier molecular flexibility index (Phi) is 7.83. The first-order chi connectivity index (χ1) is 15.1. The first-order valence-corrected chi connectivity index (χ1v) is 12.5. The number of amides is 1. The Balaban J connectivity index is 1.74. The van der Waals surface area contributed by atoms with Gasteiger partial charge in [0.2, 0.25) is 0 Å². The van der Waals surface area contributed by atoms with Gasteiger partial charge in [0.25, 0.3) is 11.5 Å². The maximum atomic E-state index is 13.0. The van der Waals surface area contributed by atoms with E-state index < -0.39 is 0 Å². The van der Waals surface area contributed by atoms with E-state index in [1.54, 1.807) is 11.3 Å². The van der Waals surface area contributed by atoms with Gasteiger partial charge in [0.15, 0.2) is 0 Å². The second-order valence-electron chi connectivity index (χ2n) is 9.63. The van der Waals surface area contributed by atoms with E-state index in [9.17, 15) is 9.59 Å². The van der Waals surface area contributed by atoms with E-state index in [1.807, 2.05) is 32.2 Å². The van der Waals surface area contributed by atoms with Gasteiger partial charge in [0.1, 0.15) is 0 Å². The number of nitrogens with one attached hydrogen (secondary N) is 2. The molecule has 176 valence electrons. The quantitative estimate of drug-likeness (QED) is 0.646. The van der Waals surface area contributed by atoms with Crippen molar-refractivity contribution in [3.63, 3.8) is 0 Å². The Bertz CT molecular complexity index is 1000. The summed E-state index contributed by atoms with van der Waals surface area (Å²) in [5, 5.41) is 6.12. The highest BCUT2D eigenvalue weighted by Gasteiger charge is 2.31. The van der Waals surface area contributed by atoms with E-state index in [2.05, 4.69) is 48.0 Å². The minimum atomic E-state index is -0.134. The van der Waals surface area contributed by atoms with Crippen LogP contribution in [0.4, 0.5) is 5.00 Å². The number of carbonyl (C=O) groups excluding carboxylic acids is 1. The molecule has 2 heterocycles. The summed E-state index contributed by atoms with van der Waals surface area (Å²) in [6.07, 6.45) is 4.77. The van der Waals surface area contributed by atoms with Crippen molar-refractivity contribution in [1.82, 2.24) is 15.2 Å². The number of nitrogens with zero attached hydrogens (tertiary/aromatic N) is 2. The van der Waals surface area contributed by atoms with Crippen LogP contribution in [0, 0.1) is 20.8 Å². The third-order valence-electron chi connectivity index (χ3n) is 6.76. The molecule has 0 aliphatic heterocycles. The molecule has 0 atom stereocenters. The summed E-state index contributed by atoms with van der Waals surface area (Å²) in [6.45, 7) is 10.5. The van der Waals surface area contributed by atoms with E-state index in [4.69, 9.17) is 0 Å². The average Bonchev–Trinajstić information content (AvgIpc) is 3.08. The SMILES string of the molecule is Cc1cc(C)c(CNC(=O)c2csc(N(C(C)C)[C@H]3CC[C@H](N(C)C)CC3)c2C)c(=O)[nH]1. The second-order valence-corrected chi connectivity index (χ2v) is 10.5. The molecule has 0 aromatic carbocycles. The monoisotopic (exact) mass is 458 g/mol. The van der Waals surface area contributed by atoms with E-state index >= 15 is 0 Å². The van der Waals surface area contributed by atoms with Crippen molar-refractivity contribution in [1.29, 1.82) is 0 Å². The fourth-order valence-corrected chi connectivity index (χ4v) is 6.21. The van der Waals surface area contributed by atoms with Crippen molar-refractivity contribution >= 4 is 22.2 Å². The molecule has 0 unspecified atom stereocenters. The van der Waals surface area contributed by atoms with E-state index in [1.165, 1.54) is 30.7 Å². The van der Waals surface area contributed by atoms with Gasteiger partial charge < -0.3 is 20.1 Å². The van der Waals surface area contributed by atoms with Gasteiger partial charge in [-0.1, -0.05) is 0 Å². The molecule has 0 radical (unpaired) electrons. The topological polar surface area (TPSA) is 68.4 Å². The lowest BCUT2D eigenvalue weighted by Crippen LogP contribution is -2.45. The van der Waals surface area contributed by atoms with Crippen LogP contribution >= 0.6 is 11.3 Å². The number of thiophene rings is 1. The largest absolute Gasteiger partial charge is 0.358 e. The number of aromatic nitrogens is 1. The summed E-state index contributed by atoms with van der Waals surface area (Å²) in [5.74, 6) is -0.121. The number of hydrogen-bond acceptors (Lipinski definition) is 5. The number of pyridine rings is 1. The zero-order valence-corrected chi connectivity index (χ0v) is 21.4. The summed E-state index contributed by atoms with van der Waals surface area (Å²) in [6, 6.07) is 3.48. The Morgan fingerprint density at radius 1 is 1.16 bits per heavy atom. The molecule has 0 saturated heterocycles. The van der Waals surface area contributed by atoms with Crippen LogP contribution in [-0.4, -0.2) is 48.0 Å². The zero-order valence-electron chi connectivity index (χ0n) is 20.5. The molecular formula is C25H38N4O2S. The van der Waals surface area contributed by atoms with Crippen molar-refractivity contribution in [2.75, 3.05) is 19.0 Å². The van der Waals surface area contributed by atoms with Crippen LogP contribution in [0.1, 0.15) is 72.3 Å². The highest BCUT2D eigenvalue weighted by atomic mass is 32.1. The maximum absolute atomic E-state index is 13.0. The van der Waals surface area contributed by atoms with Crippen LogP contribution in [0.2, 0.25) is 0 Å². The molecule has 1 saturated carbocycles. The Morgan fingerprint density at radius 2 is 1.78 bits per heavy atom. The molecule has 3 rings (SSSR count). The summed E-state index contributed by atoms with van der Waals surface area (Å²) in [5.41, 5.74) is 3.94. The van der Waals surface area contributed by atoms with Gasteiger partial charge in [-0.25, -0.2) is 0 Å². The third-order valence-corrected chi connectivity index (χ3v) is 7.85. The molecule has 1 amide bonds. The molecule has 0 spiro atoms. The Hall–Kier alpha value is -2.12. The highest BCUT2D eigenvalue weighted by Crippen LogP contribution is 2.37. The van der Waals surface area contributed by atoms with Crippen LogP contribution in [0.3, 0.4) is 0 Å². The first kappa shape index (κ1) is 24.5. The minimum Gasteiger partial charge on any atom is -0.358 e. The fraction of sp³-hybridized carbons (Fsp3) is 0.600. The molecule has 32 heavy (non-hydrogen) atoms. The Morgan fingerprint density at radius 3 is 2.34 bits per heavy atom. The van der Waals surface area contributed by atoms with Gasteiger partial charge in [0, 0.05) is 41.3 Å². The summed E-state index contributed by atoms with van der Waals surface area (Å²) >= 11 is 1.66. The van der Waals surface area contributed by atoms with E-state index in [0.29, 0.717) is 29.3 Å². The molecule has 6 nitrogen and oxygen atoms in total. The van der Waals surface area contributed by atoms with Crippen LogP contribution in [0.25, 0.3) is 0 Å². The fourth-order valence-electron chi connectivity index (χ4n) is 4.92. The van der Waals surface area contributed by atoms with Crippen LogP contribution < -0.4 is 15.8 Å². The van der Waals surface area contributed by atoms with Crippen molar-refractivity contribution in [2.45, 2.75) is 85.0 Å². The number of anilines is 1.